The number of ether oxygens (including phenoxy) is 1. The van der Waals surface area contributed by atoms with Gasteiger partial charge in [-0.1, -0.05) is 30.3 Å². The number of fused-ring (bicyclic) bond motifs is 1. The first kappa shape index (κ1) is 17.3. The van der Waals surface area contributed by atoms with E-state index in [1.807, 2.05) is 0 Å². The predicted octanol–water partition coefficient (Wildman–Crippen LogP) is 2.94. The van der Waals surface area contributed by atoms with E-state index >= 15 is 0 Å². The molecular formula is C17H15F2NO4S. The van der Waals surface area contributed by atoms with E-state index in [0.717, 1.165) is 0 Å². The van der Waals surface area contributed by atoms with E-state index in [9.17, 15) is 22.0 Å². The Labute approximate surface area is 143 Å². The second kappa shape index (κ2) is 6.79. The summed E-state index contributed by atoms with van der Waals surface area (Å²) in [6, 6.07) is 11.6. The molecule has 8 heteroatoms. The minimum atomic E-state index is -3.37. The minimum absolute atomic E-state index is 0.0336. The number of rotatable bonds is 4. The highest BCUT2D eigenvalue weighted by molar-refractivity contribution is 7.91. The van der Waals surface area contributed by atoms with Gasteiger partial charge in [0.25, 0.3) is 5.91 Å². The molecule has 0 aromatic heterocycles. The Morgan fingerprint density at radius 2 is 1.80 bits per heavy atom. The van der Waals surface area contributed by atoms with Crippen molar-refractivity contribution in [3.05, 3.63) is 59.7 Å². The monoisotopic (exact) mass is 367 g/mol. The second-order valence-electron chi connectivity index (χ2n) is 5.55. The Bertz CT molecular complexity index is 899. The van der Waals surface area contributed by atoms with Crippen LogP contribution in [0.1, 0.15) is 28.4 Å². The molecular weight excluding hydrogens is 352 g/mol. The molecule has 0 aliphatic carbocycles. The van der Waals surface area contributed by atoms with Gasteiger partial charge in [0.2, 0.25) is 0 Å². The molecule has 0 unspecified atom stereocenters. The average molecular weight is 367 g/mol. The number of hydrogen-bond acceptors (Lipinski definition) is 4. The van der Waals surface area contributed by atoms with Crippen LogP contribution in [0.25, 0.3) is 0 Å². The number of nitrogens with one attached hydrogen (secondary N) is 1. The molecule has 2 aromatic rings. The maximum Gasteiger partial charge on any atom is 0.387 e. The van der Waals surface area contributed by atoms with Gasteiger partial charge in [0.1, 0.15) is 5.75 Å². The van der Waals surface area contributed by atoms with Gasteiger partial charge in [-0.2, -0.15) is 8.78 Å². The molecule has 1 heterocycles. The molecule has 0 saturated heterocycles. The van der Waals surface area contributed by atoms with E-state index in [1.165, 1.54) is 30.3 Å². The second-order valence-corrected chi connectivity index (χ2v) is 7.62. The zero-order valence-electron chi connectivity index (χ0n) is 13.0. The van der Waals surface area contributed by atoms with Gasteiger partial charge >= 0.3 is 6.61 Å². The number of amides is 1. The molecule has 0 spiro atoms. The van der Waals surface area contributed by atoms with E-state index in [1.54, 1.807) is 18.2 Å². The first-order valence-electron chi connectivity index (χ1n) is 7.55. The Morgan fingerprint density at radius 3 is 2.56 bits per heavy atom. The van der Waals surface area contributed by atoms with Crippen LogP contribution in [0.3, 0.4) is 0 Å². The fourth-order valence-corrected chi connectivity index (χ4v) is 4.45. The Kier molecular flexibility index (Phi) is 4.71. The molecule has 0 fully saturated rings. The average Bonchev–Trinajstić information content (AvgIpc) is 2.57. The van der Waals surface area contributed by atoms with Gasteiger partial charge in [0.05, 0.1) is 22.3 Å². The van der Waals surface area contributed by atoms with Crippen molar-refractivity contribution in [3.8, 4) is 5.75 Å². The molecule has 2 aromatic carbocycles. The van der Waals surface area contributed by atoms with E-state index in [-0.39, 0.29) is 28.4 Å². The topological polar surface area (TPSA) is 72.5 Å². The largest absolute Gasteiger partial charge is 0.434 e. The Hall–Kier alpha value is -2.48. The van der Waals surface area contributed by atoms with Gasteiger partial charge in [-0.05, 0) is 30.2 Å². The quantitative estimate of drug-likeness (QED) is 0.902. The molecule has 1 N–H and O–H groups in total. The number of alkyl halides is 2. The number of halogens is 2. The van der Waals surface area contributed by atoms with Crippen molar-refractivity contribution in [2.45, 2.75) is 24.0 Å². The highest BCUT2D eigenvalue weighted by Crippen LogP contribution is 2.32. The van der Waals surface area contributed by atoms with Crippen LogP contribution in [-0.4, -0.2) is 26.7 Å². The molecule has 1 atom stereocenters. The van der Waals surface area contributed by atoms with Crippen LogP contribution in [0, 0.1) is 0 Å². The first-order chi connectivity index (χ1) is 11.9. The molecule has 25 heavy (non-hydrogen) atoms. The predicted molar refractivity (Wildman–Crippen MR) is 86.4 cm³/mol. The van der Waals surface area contributed by atoms with Crippen LogP contribution < -0.4 is 10.1 Å². The van der Waals surface area contributed by atoms with Crippen molar-refractivity contribution in [3.63, 3.8) is 0 Å². The van der Waals surface area contributed by atoms with Crippen LogP contribution in [0.15, 0.2) is 53.4 Å². The lowest BCUT2D eigenvalue weighted by Crippen LogP contribution is -2.34. The van der Waals surface area contributed by atoms with Gasteiger partial charge in [-0.25, -0.2) is 8.42 Å². The summed E-state index contributed by atoms with van der Waals surface area (Å²) in [5.41, 5.74) is 0.461. The summed E-state index contributed by atoms with van der Waals surface area (Å²) in [4.78, 5) is 12.7. The number of para-hydroxylation sites is 1. The number of benzene rings is 2. The molecule has 0 bridgehead atoms. The third-order valence-electron chi connectivity index (χ3n) is 3.96. The normalized spacial score (nSPS) is 18.4. The van der Waals surface area contributed by atoms with E-state index in [2.05, 4.69) is 10.1 Å². The molecule has 3 rings (SSSR count). The van der Waals surface area contributed by atoms with E-state index in [4.69, 9.17) is 0 Å². The third kappa shape index (κ3) is 3.63. The molecule has 1 aliphatic rings. The first-order valence-corrected chi connectivity index (χ1v) is 9.20. The summed E-state index contributed by atoms with van der Waals surface area (Å²) in [5.74, 6) is -0.925. The van der Waals surface area contributed by atoms with Crippen LogP contribution in [-0.2, 0) is 9.84 Å². The Balaban J connectivity index is 1.88. The zero-order valence-corrected chi connectivity index (χ0v) is 13.8. The van der Waals surface area contributed by atoms with Crippen molar-refractivity contribution in [1.29, 1.82) is 0 Å². The lowest BCUT2D eigenvalue weighted by atomic mass is 10.0. The third-order valence-corrected chi connectivity index (χ3v) is 5.77. The van der Waals surface area contributed by atoms with Gasteiger partial charge in [-0.15, -0.1) is 0 Å². The van der Waals surface area contributed by atoms with E-state index < -0.39 is 28.4 Å². The molecule has 132 valence electrons. The molecule has 0 saturated carbocycles. The van der Waals surface area contributed by atoms with Crippen LogP contribution in [0.4, 0.5) is 8.78 Å². The summed E-state index contributed by atoms with van der Waals surface area (Å²) in [7, 11) is -3.37. The smallest absolute Gasteiger partial charge is 0.387 e. The van der Waals surface area contributed by atoms with Crippen molar-refractivity contribution < 1.29 is 26.7 Å². The maximum atomic E-state index is 12.5. The highest BCUT2D eigenvalue weighted by Gasteiger charge is 2.31. The van der Waals surface area contributed by atoms with E-state index in [0.29, 0.717) is 5.56 Å². The van der Waals surface area contributed by atoms with Crippen molar-refractivity contribution in [1.82, 2.24) is 5.32 Å². The Morgan fingerprint density at radius 1 is 1.12 bits per heavy atom. The summed E-state index contributed by atoms with van der Waals surface area (Å²) >= 11 is 0. The molecule has 0 radical (unpaired) electrons. The summed E-state index contributed by atoms with van der Waals surface area (Å²) in [6.07, 6.45) is 0.211. The highest BCUT2D eigenvalue weighted by atomic mass is 32.2. The lowest BCUT2D eigenvalue weighted by Gasteiger charge is -2.26. The van der Waals surface area contributed by atoms with Crippen molar-refractivity contribution in [2.75, 3.05) is 5.75 Å². The van der Waals surface area contributed by atoms with Gasteiger partial charge in [0.15, 0.2) is 9.84 Å². The fraction of sp³-hybridized carbons (Fsp3) is 0.235. The zero-order chi connectivity index (χ0) is 18.0. The number of hydrogen-bond donors (Lipinski definition) is 1. The van der Waals surface area contributed by atoms with Gasteiger partial charge in [-0.3, -0.25) is 4.79 Å². The minimum Gasteiger partial charge on any atom is -0.434 e. The summed E-state index contributed by atoms with van der Waals surface area (Å²) in [5, 5.41) is 2.71. The summed E-state index contributed by atoms with van der Waals surface area (Å²) in [6.45, 7) is -3.05. The van der Waals surface area contributed by atoms with Crippen LogP contribution in [0.2, 0.25) is 0 Å². The lowest BCUT2D eigenvalue weighted by molar-refractivity contribution is -0.0501. The number of carbonyl (C=O) groups excluding carboxylic acids is 1. The number of carbonyl (C=O) groups is 1. The maximum absolute atomic E-state index is 12.5. The van der Waals surface area contributed by atoms with Crippen LogP contribution >= 0.6 is 0 Å². The van der Waals surface area contributed by atoms with Crippen molar-refractivity contribution >= 4 is 15.7 Å². The van der Waals surface area contributed by atoms with Gasteiger partial charge in [0, 0.05) is 0 Å². The molecule has 1 amide bonds. The summed E-state index contributed by atoms with van der Waals surface area (Å²) < 4.78 is 53.6. The molecule has 1 aliphatic heterocycles. The number of sulfone groups is 1. The van der Waals surface area contributed by atoms with Crippen LogP contribution in [0.5, 0.6) is 5.75 Å². The SMILES string of the molecule is O=C(N[C@@H]1CCS(=O)(=O)c2ccccc21)c1ccccc1OC(F)F. The fourth-order valence-electron chi connectivity index (χ4n) is 2.83. The molecule has 5 nitrogen and oxygen atoms in total. The standard InChI is InChI=1S/C17H15F2NO4S/c18-17(19)24-14-7-3-1-6-12(14)16(21)20-13-9-10-25(22,23)15-8-4-2-5-11(13)15/h1-8,13,17H,9-10H2,(H,20,21)/t13-/m1/s1. The van der Waals surface area contributed by atoms with Gasteiger partial charge < -0.3 is 10.1 Å². The van der Waals surface area contributed by atoms with Crippen molar-refractivity contribution in [2.24, 2.45) is 0 Å².